The van der Waals surface area contributed by atoms with Gasteiger partial charge in [-0.05, 0) is 18.2 Å². The summed E-state index contributed by atoms with van der Waals surface area (Å²) in [6.07, 6.45) is 7.25. The largest absolute Gasteiger partial charge is 0.356 e. The molecule has 1 heterocycles. The van der Waals surface area contributed by atoms with E-state index in [1.807, 2.05) is 24.3 Å². The molecule has 1 amide bonds. The third kappa shape index (κ3) is 6.00. The molecule has 0 spiro atoms. The Morgan fingerprint density at radius 1 is 1.35 bits per heavy atom. The first kappa shape index (κ1) is 19.1. The Morgan fingerprint density at radius 2 is 2.23 bits per heavy atom. The molecule has 0 radical (unpaired) electrons. The molecule has 2 rings (SSSR count). The van der Waals surface area contributed by atoms with Crippen molar-refractivity contribution in [1.29, 1.82) is 5.26 Å². The molecule has 0 saturated heterocycles. The van der Waals surface area contributed by atoms with Gasteiger partial charge in [0, 0.05) is 30.3 Å². The lowest BCUT2D eigenvalue weighted by Crippen LogP contribution is -2.23. The summed E-state index contributed by atoms with van der Waals surface area (Å²) < 4.78 is 17.2. The molecule has 1 aromatic heterocycles. The number of aromatic nitrogens is 1. The van der Waals surface area contributed by atoms with Crippen molar-refractivity contribution in [1.82, 2.24) is 15.8 Å². The van der Waals surface area contributed by atoms with Gasteiger partial charge >= 0.3 is 0 Å². The first-order valence-electron chi connectivity index (χ1n) is 8.07. The number of hydrogen-bond acceptors (Lipinski definition) is 5. The van der Waals surface area contributed by atoms with Crippen LogP contribution in [0.25, 0.3) is 17.3 Å². The van der Waals surface area contributed by atoms with Crippen LogP contribution in [0.2, 0.25) is 0 Å². The van der Waals surface area contributed by atoms with Crippen LogP contribution in [0.5, 0.6) is 0 Å². The maximum atomic E-state index is 11.9. The number of nitrogens with one attached hydrogen (secondary N) is 2. The molecule has 0 atom stereocenters. The van der Waals surface area contributed by atoms with Crippen LogP contribution < -0.4 is 10.6 Å². The molecule has 0 aliphatic heterocycles. The van der Waals surface area contributed by atoms with Crippen LogP contribution in [-0.4, -0.2) is 37.4 Å². The molecule has 0 bridgehead atoms. The van der Waals surface area contributed by atoms with E-state index in [-0.39, 0.29) is 19.1 Å². The zero-order chi connectivity index (χ0) is 18.6. The molecule has 0 aliphatic carbocycles. The number of halogens is 1. The molecule has 0 fully saturated rings. The summed E-state index contributed by atoms with van der Waals surface area (Å²) in [6.45, 7) is 0.508. The summed E-state index contributed by atoms with van der Waals surface area (Å²) in [5.41, 5.74) is 1.79. The SMILES string of the molecule is N#CCNC(=O)c1cccc(-c2cc(/C=C/C=C/CNCCF)on2)c1. The number of hydrogen-bond donors (Lipinski definition) is 2. The number of nitrogens with zero attached hydrogens (tertiary/aromatic N) is 2. The molecule has 2 aromatic rings. The van der Waals surface area contributed by atoms with Crippen molar-refractivity contribution in [2.75, 3.05) is 26.3 Å². The second kappa shape index (κ2) is 10.6. The van der Waals surface area contributed by atoms with Gasteiger partial charge in [0.15, 0.2) is 5.76 Å². The summed E-state index contributed by atoms with van der Waals surface area (Å²) in [7, 11) is 0. The van der Waals surface area contributed by atoms with Gasteiger partial charge < -0.3 is 15.2 Å². The molecule has 134 valence electrons. The monoisotopic (exact) mass is 354 g/mol. The van der Waals surface area contributed by atoms with Crippen LogP contribution in [0.15, 0.2) is 53.1 Å². The highest BCUT2D eigenvalue weighted by Crippen LogP contribution is 2.21. The fourth-order valence-corrected chi connectivity index (χ4v) is 2.09. The smallest absolute Gasteiger partial charge is 0.252 e. The Labute approximate surface area is 151 Å². The van der Waals surface area contributed by atoms with Gasteiger partial charge in [-0.25, -0.2) is 4.39 Å². The molecular formula is C19H19FN4O2. The third-order valence-electron chi connectivity index (χ3n) is 3.32. The first-order valence-corrected chi connectivity index (χ1v) is 8.07. The molecule has 6 nitrogen and oxygen atoms in total. The molecule has 2 N–H and O–H groups in total. The van der Waals surface area contributed by atoms with Crippen LogP contribution in [-0.2, 0) is 0 Å². The second-order valence-corrected chi connectivity index (χ2v) is 5.22. The van der Waals surface area contributed by atoms with E-state index in [0.717, 1.165) is 5.56 Å². The van der Waals surface area contributed by atoms with E-state index < -0.39 is 0 Å². The van der Waals surface area contributed by atoms with Crippen LogP contribution in [0.4, 0.5) is 4.39 Å². The number of carbonyl (C=O) groups excluding carboxylic acids is 1. The quantitative estimate of drug-likeness (QED) is 0.410. The third-order valence-corrected chi connectivity index (χ3v) is 3.32. The minimum Gasteiger partial charge on any atom is -0.356 e. The highest BCUT2D eigenvalue weighted by atomic mass is 19.1. The predicted molar refractivity (Wildman–Crippen MR) is 96.9 cm³/mol. The molecule has 0 saturated carbocycles. The summed E-state index contributed by atoms with van der Waals surface area (Å²) in [5.74, 6) is 0.254. The average molecular weight is 354 g/mol. The molecule has 0 unspecified atom stereocenters. The van der Waals surface area contributed by atoms with E-state index in [2.05, 4.69) is 15.8 Å². The zero-order valence-electron chi connectivity index (χ0n) is 14.1. The van der Waals surface area contributed by atoms with Gasteiger partial charge in [0.25, 0.3) is 5.91 Å². The fourth-order valence-electron chi connectivity index (χ4n) is 2.09. The minimum absolute atomic E-state index is 0.0429. The molecule has 0 aliphatic rings. The normalized spacial score (nSPS) is 11.1. The lowest BCUT2D eigenvalue weighted by Gasteiger charge is -2.02. The Bertz CT molecular complexity index is 821. The van der Waals surface area contributed by atoms with Crippen molar-refractivity contribution in [3.63, 3.8) is 0 Å². The fraction of sp³-hybridized carbons (Fsp3) is 0.211. The molecule has 1 aromatic carbocycles. The Balaban J connectivity index is 1.99. The summed E-state index contributed by atoms with van der Waals surface area (Å²) in [4.78, 5) is 11.9. The number of amides is 1. The Hall–Kier alpha value is -3.24. The number of benzene rings is 1. The standard InChI is InChI=1S/C19H19FN4O2/c20-8-11-22-10-3-1-2-7-17-14-18(24-26-17)15-5-4-6-16(13-15)19(25)23-12-9-21/h1-7,13-14,22H,8,10-12H2,(H,23,25)/b3-1+,7-2+. The van der Waals surface area contributed by atoms with Gasteiger partial charge in [-0.15, -0.1) is 0 Å². The van der Waals surface area contributed by atoms with Gasteiger partial charge in [0.2, 0.25) is 0 Å². The maximum absolute atomic E-state index is 11.9. The number of nitriles is 1. The van der Waals surface area contributed by atoms with Crippen LogP contribution in [0, 0.1) is 11.3 Å². The predicted octanol–water partition coefficient (Wildman–Crippen LogP) is 2.72. The van der Waals surface area contributed by atoms with Gasteiger partial charge in [-0.1, -0.05) is 35.5 Å². The van der Waals surface area contributed by atoms with Crippen molar-refractivity contribution >= 4 is 12.0 Å². The highest BCUT2D eigenvalue weighted by Gasteiger charge is 2.09. The van der Waals surface area contributed by atoms with Crippen LogP contribution >= 0.6 is 0 Å². The van der Waals surface area contributed by atoms with Gasteiger partial charge in [-0.2, -0.15) is 5.26 Å². The van der Waals surface area contributed by atoms with Gasteiger partial charge in [0.05, 0.1) is 6.07 Å². The zero-order valence-corrected chi connectivity index (χ0v) is 14.1. The van der Waals surface area contributed by atoms with Gasteiger partial charge in [0.1, 0.15) is 18.9 Å². The van der Waals surface area contributed by atoms with E-state index in [1.165, 1.54) is 0 Å². The van der Waals surface area contributed by atoms with E-state index in [0.29, 0.717) is 30.1 Å². The van der Waals surface area contributed by atoms with Crippen LogP contribution in [0.3, 0.4) is 0 Å². The highest BCUT2D eigenvalue weighted by molar-refractivity contribution is 5.95. The van der Waals surface area contributed by atoms with Gasteiger partial charge in [-0.3, -0.25) is 4.79 Å². The number of rotatable bonds is 9. The Morgan fingerprint density at radius 3 is 3.04 bits per heavy atom. The average Bonchev–Trinajstić information content (AvgIpc) is 3.14. The topological polar surface area (TPSA) is 91.0 Å². The van der Waals surface area contributed by atoms with Crippen molar-refractivity contribution in [3.05, 3.63) is 59.9 Å². The van der Waals surface area contributed by atoms with Crippen molar-refractivity contribution in [3.8, 4) is 17.3 Å². The summed E-state index contributed by atoms with van der Waals surface area (Å²) in [6, 6.07) is 10.5. The van der Waals surface area contributed by atoms with E-state index in [9.17, 15) is 9.18 Å². The Kier molecular flexibility index (Phi) is 7.77. The first-order chi connectivity index (χ1) is 12.7. The van der Waals surface area contributed by atoms with E-state index in [4.69, 9.17) is 9.78 Å². The number of carbonyl (C=O) groups is 1. The van der Waals surface area contributed by atoms with Crippen molar-refractivity contribution in [2.24, 2.45) is 0 Å². The second-order valence-electron chi connectivity index (χ2n) is 5.22. The minimum atomic E-state index is -0.383. The molecule has 7 heteroatoms. The lowest BCUT2D eigenvalue weighted by atomic mass is 10.1. The van der Waals surface area contributed by atoms with Crippen LogP contribution in [0.1, 0.15) is 16.1 Å². The number of alkyl halides is 1. The summed E-state index contributed by atoms with van der Waals surface area (Å²) >= 11 is 0. The summed E-state index contributed by atoms with van der Waals surface area (Å²) in [5, 5.41) is 17.9. The lowest BCUT2D eigenvalue weighted by molar-refractivity contribution is 0.0958. The van der Waals surface area contributed by atoms with Crippen molar-refractivity contribution < 1.29 is 13.7 Å². The van der Waals surface area contributed by atoms with Crippen molar-refractivity contribution in [2.45, 2.75) is 0 Å². The number of allylic oxidation sites excluding steroid dienone is 2. The maximum Gasteiger partial charge on any atom is 0.252 e. The van der Waals surface area contributed by atoms with E-state index in [1.54, 1.807) is 36.4 Å². The molecule has 26 heavy (non-hydrogen) atoms. The van der Waals surface area contributed by atoms with E-state index >= 15 is 0 Å². The molecular weight excluding hydrogens is 335 g/mol.